The fourth-order valence-electron chi connectivity index (χ4n) is 1.90. The van der Waals surface area contributed by atoms with E-state index in [2.05, 4.69) is 0 Å². The van der Waals surface area contributed by atoms with Crippen molar-refractivity contribution >= 4 is 20.7 Å². The maximum atomic E-state index is 12.5. The molecular weight excluding hydrogens is 250 g/mol. The average molecular weight is 267 g/mol. The summed E-state index contributed by atoms with van der Waals surface area (Å²) in [5, 5.41) is 9.98. The monoisotopic (exact) mass is 267 g/mol. The predicted octanol–water partition coefficient (Wildman–Crippen LogP) is 1.72. The molecule has 4 nitrogen and oxygen atoms in total. The second kappa shape index (κ2) is 4.10. The third-order valence-electron chi connectivity index (χ3n) is 3.26. The van der Waals surface area contributed by atoms with Crippen molar-refractivity contribution in [3.63, 3.8) is 0 Å². The lowest BCUT2D eigenvalue weighted by Gasteiger charge is -2.21. The minimum Gasteiger partial charge on any atom is -0.395 e. The first-order valence-corrected chi connectivity index (χ1v) is 7.19. The molecule has 1 aromatic heterocycles. The van der Waals surface area contributed by atoms with Crippen molar-refractivity contribution in [2.24, 2.45) is 7.05 Å². The third kappa shape index (κ3) is 1.74. The fourth-order valence-corrected chi connectivity index (χ4v) is 3.43. The van der Waals surface area contributed by atoms with Crippen LogP contribution in [0.15, 0.2) is 35.4 Å². The lowest BCUT2D eigenvalue weighted by molar-refractivity contribution is 0.258. The largest absolute Gasteiger partial charge is 0.395 e. The number of hydrogen-bond acceptors (Lipinski definition) is 3. The molecule has 0 saturated heterocycles. The number of aromatic nitrogens is 1. The number of hydrogen-bond donors (Lipinski definition) is 1. The van der Waals surface area contributed by atoms with Gasteiger partial charge in [-0.15, -0.1) is 0 Å². The summed E-state index contributed by atoms with van der Waals surface area (Å²) in [6.45, 7) is 2.66. The molecule has 98 valence electrons. The minimum atomic E-state index is -3.57. The van der Waals surface area contributed by atoms with Crippen LogP contribution in [0.3, 0.4) is 0 Å². The minimum absolute atomic E-state index is 0.277. The van der Waals surface area contributed by atoms with Gasteiger partial charge in [0.05, 0.1) is 16.2 Å². The number of para-hydroxylation sites is 1. The summed E-state index contributed by atoms with van der Waals surface area (Å²) in [5.74, 6) is 0. The number of aryl methyl sites for hydroxylation is 1. The van der Waals surface area contributed by atoms with E-state index >= 15 is 0 Å². The van der Waals surface area contributed by atoms with E-state index in [1.165, 1.54) is 13.8 Å². The van der Waals surface area contributed by atoms with Gasteiger partial charge in [-0.25, -0.2) is 8.42 Å². The van der Waals surface area contributed by atoms with Crippen molar-refractivity contribution in [1.82, 2.24) is 4.57 Å². The Bertz CT molecular complexity index is 683. The Morgan fingerprint density at radius 1 is 1.28 bits per heavy atom. The fraction of sp³-hybridized carbons (Fsp3) is 0.385. The van der Waals surface area contributed by atoms with E-state index in [-0.39, 0.29) is 4.90 Å². The van der Waals surface area contributed by atoms with Gasteiger partial charge in [0.25, 0.3) is 0 Å². The molecule has 0 aliphatic rings. The first-order chi connectivity index (χ1) is 8.31. The lowest BCUT2D eigenvalue weighted by Crippen LogP contribution is -2.35. The Kier molecular flexibility index (Phi) is 2.99. The molecule has 0 bridgehead atoms. The standard InChI is InChI=1S/C13H17NO3S/c1-13(2,9-15)18(16,17)12-8-14(3)11-7-5-4-6-10(11)12/h4-8,15H,9H2,1-3H3. The zero-order valence-corrected chi connectivity index (χ0v) is 11.5. The molecule has 0 atom stereocenters. The van der Waals surface area contributed by atoms with Crippen LogP contribution in [-0.4, -0.2) is 29.4 Å². The molecule has 0 fully saturated rings. The summed E-state index contributed by atoms with van der Waals surface area (Å²) in [6.07, 6.45) is 1.61. The highest BCUT2D eigenvalue weighted by Gasteiger charge is 2.37. The van der Waals surface area contributed by atoms with Crippen LogP contribution < -0.4 is 0 Å². The molecule has 2 aromatic rings. The first-order valence-electron chi connectivity index (χ1n) is 5.71. The Morgan fingerprint density at radius 3 is 2.50 bits per heavy atom. The van der Waals surface area contributed by atoms with Crippen molar-refractivity contribution in [3.8, 4) is 0 Å². The van der Waals surface area contributed by atoms with Crippen LogP contribution in [0.4, 0.5) is 0 Å². The molecule has 1 N–H and O–H groups in total. The van der Waals surface area contributed by atoms with Gasteiger partial charge in [-0.2, -0.15) is 0 Å². The summed E-state index contributed by atoms with van der Waals surface area (Å²) in [4.78, 5) is 0.277. The molecule has 0 aliphatic heterocycles. The van der Waals surface area contributed by atoms with E-state index in [4.69, 9.17) is 0 Å². The quantitative estimate of drug-likeness (QED) is 0.921. The Morgan fingerprint density at radius 2 is 1.89 bits per heavy atom. The number of aliphatic hydroxyl groups is 1. The van der Waals surface area contributed by atoms with E-state index in [1.807, 2.05) is 25.2 Å². The second-order valence-electron chi connectivity index (χ2n) is 5.04. The molecule has 1 heterocycles. The van der Waals surface area contributed by atoms with E-state index in [9.17, 15) is 13.5 Å². The lowest BCUT2D eigenvalue weighted by atomic mass is 10.2. The van der Waals surface area contributed by atoms with Gasteiger partial charge in [0.1, 0.15) is 0 Å². The van der Waals surface area contributed by atoms with Crippen molar-refractivity contribution in [1.29, 1.82) is 0 Å². The molecule has 0 aliphatic carbocycles. The Hall–Kier alpha value is -1.33. The highest BCUT2D eigenvalue weighted by atomic mass is 32.2. The zero-order chi connectivity index (χ0) is 13.6. The van der Waals surface area contributed by atoms with Crippen LogP contribution in [0.2, 0.25) is 0 Å². The molecule has 0 amide bonds. The zero-order valence-electron chi connectivity index (χ0n) is 10.7. The van der Waals surface area contributed by atoms with Gasteiger partial charge < -0.3 is 9.67 Å². The average Bonchev–Trinajstić information content (AvgIpc) is 2.68. The SMILES string of the molecule is Cn1cc(S(=O)(=O)C(C)(C)CO)c2ccccc21. The number of nitrogens with zero attached hydrogens (tertiary/aromatic N) is 1. The van der Waals surface area contributed by atoms with E-state index in [1.54, 1.807) is 16.8 Å². The summed E-state index contributed by atoms with van der Waals surface area (Å²) < 4.78 is 25.7. The van der Waals surface area contributed by atoms with Crippen LogP contribution in [0.25, 0.3) is 10.9 Å². The number of aliphatic hydroxyl groups excluding tert-OH is 1. The predicted molar refractivity (Wildman–Crippen MR) is 71.3 cm³/mol. The van der Waals surface area contributed by atoms with Gasteiger partial charge in [-0.05, 0) is 19.9 Å². The van der Waals surface area contributed by atoms with Crippen LogP contribution >= 0.6 is 0 Å². The van der Waals surface area contributed by atoms with Gasteiger partial charge in [0, 0.05) is 24.1 Å². The van der Waals surface area contributed by atoms with Crippen LogP contribution in [0, 0.1) is 0 Å². The summed E-state index contributed by atoms with van der Waals surface area (Å²) in [6, 6.07) is 7.35. The van der Waals surface area contributed by atoms with Gasteiger partial charge >= 0.3 is 0 Å². The van der Waals surface area contributed by atoms with E-state index < -0.39 is 21.2 Å². The first kappa shape index (κ1) is 13.1. The highest BCUT2D eigenvalue weighted by Crippen LogP contribution is 2.31. The molecule has 18 heavy (non-hydrogen) atoms. The molecule has 0 spiro atoms. The summed E-state index contributed by atoms with van der Waals surface area (Å²) in [5.41, 5.74) is 0.866. The molecular formula is C13H17NO3S. The number of benzene rings is 1. The number of fused-ring (bicyclic) bond motifs is 1. The third-order valence-corrected chi connectivity index (χ3v) is 5.75. The normalized spacial score (nSPS) is 13.1. The van der Waals surface area contributed by atoms with Crippen molar-refractivity contribution in [2.45, 2.75) is 23.5 Å². The molecule has 0 radical (unpaired) electrons. The van der Waals surface area contributed by atoms with E-state index in [0.29, 0.717) is 5.39 Å². The van der Waals surface area contributed by atoms with Gasteiger partial charge in [-0.3, -0.25) is 0 Å². The molecule has 5 heteroatoms. The molecule has 0 saturated carbocycles. The number of sulfone groups is 1. The molecule has 0 unspecified atom stereocenters. The second-order valence-corrected chi connectivity index (χ2v) is 7.59. The van der Waals surface area contributed by atoms with Crippen molar-refractivity contribution in [3.05, 3.63) is 30.5 Å². The van der Waals surface area contributed by atoms with Gasteiger partial charge in [-0.1, -0.05) is 18.2 Å². The van der Waals surface area contributed by atoms with E-state index in [0.717, 1.165) is 5.52 Å². The maximum absolute atomic E-state index is 12.5. The van der Waals surface area contributed by atoms with Crippen molar-refractivity contribution < 1.29 is 13.5 Å². The Labute approximate surface area is 107 Å². The molecule has 2 rings (SSSR count). The van der Waals surface area contributed by atoms with Gasteiger partial charge in [0.15, 0.2) is 9.84 Å². The van der Waals surface area contributed by atoms with Crippen LogP contribution in [0.1, 0.15) is 13.8 Å². The van der Waals surface area contributed by atoms with Crippen LogP contribution in [-0.2, 0) is 16.9 Å². The smallest absolute Gasteiger partial charge is 0.187 e. The summed E-state index contributed by atoms with van der Waals surface area (Å²) in [7, 11) is -1.75. The van der Waals surface area contributed by atoms with Gasteiger partial charge in [0.2, 0.25) is 0 Å². The number of rotatable bonds is 3. The summed E-state index contributed by atoms with van der Waals surface area (Å²) >= 11 is 0. The molecule has 1 aromatic carbocycles. The van der Waals surface area contributed by atoms with Crippen molar-refractivity contribution in [2.75, 3.05) is 6.61 Å². The highest BCUT2D eigenvalue weighted by molar-refractivity contribution is 7.93. The maximum Gasteiger partial charge on any atom is 0.187 e. The topological polar surface area (TPSA) is 59.3 Å². The Balaban J connectivity index is 2.77. The van der Waals surface area contributed by atoms with Crippen LogP contribution in [0.5, 0.6) is 0 Å².